The highest BCUT2D eigenvalue weighted by molar-refractivity contribution is 5.42. The van der Waals surface area contributed by atoms with Crippen molar-refractivity contribution in [2.75, 3.05) is 33.3 Å². The van der Waals surface area contributed by atoms with Crippen molar-refractivity contribution in [3.8, 4) is 11.5 Å². The first-order chi connectivity index (χ1) is 11.4. The lowest BCUT2D eigenvalue weighted by Crippen LogP contribution is -2.45. The van der Waals surface area contributed by atoms with E-state index in [0.717, 1.165) is 51.0 Å². The van der Waals surface area contributed by atoms with Crippen molar-refractivity contribution in [3.05, 3.63) is 23.8 Å². The summed E-state index contributed by atoms with van der Waals surface area (Å²) in [6, 6.07) is 4.34. The smallest absolute Gasteiger partial charge is 0.496 e. The topological polar surface area (TPSA) is 33.7 Å². The van der Waals surface area contributed by atoms with Gasteiger partial charge >= 0.3 is 6.36 Å². The van der Waals surface area contributed by atoms with Crippen molar-refractivity contribution in [2.45, 2.75) is 38.6 Å². The predicted molar refractivity (Wildman–Crippen MR) is 86.4 cm³/mol. The van der Waals surface area contributed by atoms with E-state index in [0.29, 0.717) is 5.75 Å². The van der Waals surface area contributed by atoms with E-state index in [-0.39, 0.29) is 11.8 Å². The van der Waals surface area contributed by atoms with E-state index in [9.17, 15) is 13.2 Å². The Morgan fingerprint density at radius 3 is 2.54 bits per heavy atom. The van der Waals surface area contributed by atoms with Gasteiger partial charge in [-0.1, -0.05) is 19.8 Å². The number of benzene rings is 1. The molecule has 1 saturated heterocycles. The fourth-order valence-electron chi connectivity index (χ4n) is 3.10. The zero-order chi connectivity index (χ0) is 17.6. The molecule has 1 aliphatic rings. The summed E-state index contributed by atoms with van der Waals surface area (Å²) in [5, 5.41) is 3.30. The molecule has 1 aliphatic heterocycles. The first kappa shape index (κ1) is 18.9. The molecule has 0 spiro atoms. The standard InChI is InChI=1S/C17H25F3N2O2/c1-3-4-5-15(22-10-8-21-9-11-22)14-12-13(24-17(18,19)20)6-7-16(14)23-2/h6-7,12,15,21H,3-5,8-11H2,1-2H3/t15-/m1/s1. The van der Waals surface area contributed by atoms with E-state index in [1.807, 2.05) is 0 Å². The van der Waals surface area contributed by atoms with Crippen LogP contribution in [0.25, 0.3) is 0 Å². The summed E-state index contributed by atoms with van der Waals surface area (Å²) < 4.78 is 47.1. The van der Waals surface area contributed by atoms with E-state index in [2.05, 4.69) is 21.9 Å². The molecule has 136 valence electrons. The van der Waals surface area contributed by atoms with Crippen molar-refractivity contribution >= 4 is 0 Å². The van der Waals surface area contributed by atoms with Gasteiger partial charge < -0.3 is 14.8 Å². The van der Waals surface area contributed by atoms with Gasteiger partial charge in [-0.3, -0.25) is 4.90 Å². The highest BCUT2D eigenvalue weighted by Gasteiger charge is 2.32. The van der Waals surface area contributed by atoms with E-state index >= 15 is 0 Å². The highest BCUT2D eigenvalue weighted by atomic mass is 19.4. The summed E-state index contributed by atoms with van der Waals surface area (Å²) in [5.74, 6) is 0.402. The summed E-state index contributed by atoms with van der Waals surface area (Å²) in [5.41, 5.74) is 0.759. The predicted octanol–water partition coefficient (Wildman–Crippen LogP) is 3.73. The van der Waals surface area contributed by atoms with Crippen LogP contribution in [0.15, 0.2) is 18.2 Å². The molecule has 1 aromatic carbocycles. The number of nitrogens with zero attached hydrogens (tertiary/aromatic N) is 1. The molecule has 1 atom stereocenters. The van der Waals surface area contributed by atoms with Crippen molar-refractivity contribution in [3.63, 3.8) is 0 Å². The molecule has 1 fully saturated rings. The quantitative estimate of drug-likeness (QED) is 0.816. The number of halogens is 3. The van der Waals surface area contributed by atoms with Gasteiger partial charge in [0.2, 0.25) is 0 Å². The minimum Gasteiger partial charge on any atom is -0.496 e. The van der Waals surface area contributed by atoms with Crippen LogP contribution in [0.2, 0.25) is 0 Å². The fourth-order valence-corrected chi connectivity index (χ4v) is 3.10. The number of ether oxygens (including phenoxy) is 2. The lowest BCUT2D eigenvalue weighted by molar-refractivity contribution is -0.274. The van der Waals surface area contributed by atoms with Crippen LogP contribution in [-0.2, 0) is 0 Å². The number of unbranched alkanes of at least 4 members (excludes halogenated alkanes) is 1. The molecule has 1 N–H and O–H groups in total. The minimum atomic E-state index is -4.69. The van der Waals surface area contributed by atoms with Crippen LogP contribution in [-0.4, -0.2) is 44.6 Å². The Morgan fingerprint density at radius 1 is 1.25 bits per heavy atom. The molecule has 0 aliphatic carbocycles. The second-order valence-electron chi connectivity index (χ2n) is 5.90. The number of nitrogens with one attached hydrogen (secondary N) is 1. The molecule has 1 aromatic rings. The monoisotopic (exact) mass is 346 g/mol. The van der Waals surface area contributed by atoms with Gasteiger partial charge in [0.15, 0.2) is 0 Å². The van der Waals surface area contributed by atoms with Crippen LogP contribution >= 0.6 is 0 Å². The molecule has 0 radical (unpaired) electrons. The largest absolute Gasteiger partial charge is 0.573 e. The van der Waals surface area contributed by atoms with Crippen molar-refractivity contribution in [1.82, 2.24) is 10.2 Å². The Bertz CT molecular complexity index is 517. The molecule has 24 heavy (non-hydrogen) atoms. The van der Waals surface area contributed by atoms with Crippen LogP contribution in [0.1, 0.15) is 37.8 Å². The molecule has 0 aromatic heterocycles. The summed E-state index contributed by atoms with van der Waals surface area (Å²) in [6.07, 6.45) is -1.78. The molecule has 0 saturated carbocycles. The lowest BCUT2D eigenvalue weighted by atomic mass is 9.97. The third kappa shape index (κ3) is 5.27. The van der Waals surface area contributed by atoms with Crippen molar-refractivity contribution < 1.29 is 22.6 Å². The minimum absolute atomic E-state index is 0.0267. The van der Waals surface area contributed by atoms with E-state index in [4.69, 9.17) is 4.74 Å². The maximum atomic E-state index is 12.5. The second-order valence-corrected chi connectivity index (χ2v) is 5.90. The molecule has 0 bridgehead atoms. The molecule has 1 heterocycles. The number of methoxy groups -OCH3 is 1. The van der Waals surface area contributed by atoms with Gasteiger partial charge in [0, 0.05) is 37.8 Å². The number of rotatable bonds is 7. The summed E-state index contributed by atoms with van der Waals surface area (Å²) in [7, 11) is 1.54. The van der Waals surface area contributed by atoms with E-state index < -0.39 is 6.36 Å². The maximum absolute atomic E-state index is 12.5. The second kappa shape index (κ2) is 8.58. The van der Waals surface area contributed by atoms with Gasteiger partial charge in [-0.15, -0.1) is 13.2 Å². The highest BCUT2D eigenvalue weighted by Crippen LogP contribution is 2.37. The summed E-state index contributed by atoms with van der Waals surface area (Å²) >= 11 is 0. The molecule has 2 rings (SSSR count). The molecule has 7 heteroatoms. The average Bonchev–Trinajstić information content (AvgIpc) is 2.55. The van der Waals surface area contributed by atoms with Crippen molar-refractivity contribution in [1.29, 1.82) is 0 Å². The zero-order valence-corrected chi connectivity index (χ0v) is 14.2. The third-order valence-electron chi connectivity index (χ3n) is 4.22. The van der Waals surface area contributed by atoms with Gasteiger partial charge in [0.05, 0.1) is 7.11 Å². The Hall–Kier alpha value is -1.47. The van der Waals surface area contributed by atoms with Gasteiger partial charge in [0.1, 0.15) is 11.5 Å². The maximum Gasteiger partial charge on any atom is 0.573 e. The van der Waals surface area contributed by atoms with Gasteiger partial charge in [-0.2, -0.15) is 0 Å². The van der Waals surface area contributed by atoms with E-state index in [1.165, 1.54) is 19.2 Å². The molecular weight excluding hydrogens is 321 g/mol. The number of piperazine rings is 1. The Morgan fingerprint density at radius 2 is 1.96 bits per heavy atom. The molecular formula is C17H25F3N2O2. The third-order valence-corrected chi connectivity index (χ3v) is 4.22. The van der Waals surface area contributed by atoms with Crippen LogP contribution in [0, 0.1) is 0 Å². The van der Waals surface area contributed by atoms with Crippen LogP contribution in [0.4, 0.5) is 13.2 Å². The van der Waals surface area contributed by atoms with Crippen LogP contribution < -0.4 is 14.8 Å². The fraction of sp³-hybridized carbons (Fsp3) is 0.647. The van der Waals surface area contributed by atoms with Gasteiger partial charge in [-0.25, -0.2) is 0 Å². The first-order valence-electron chi connectivity index (χ1n) is 8.33. The summed E-state index contributed by atoms with van der Waals surface area (Å²) in [6.45, 7) is 5.59. The lowest BCUT2D eigenvalue weighted by Gasteiger charge is -2.36. The Kier molecular flexibility index (Phi) is 6.74. The van der Waals surface area contributed by atoms with Crippen LogP contribution in [0.3, 0.4) is 0 Å². The Balaban J connectivity index is 2.32. The normalized spacial score (nSPS) is 17.5. The molecule has 0 amide bonds. The SMILES string of the molecule is CCCC[C@H](c1cc(OC(F)(F)F)ccc1OC)N1CCNCC1. The number of hydrogen-bond donors (Lipinski definition) is 1. The van der Waals surface area contributed by atoms with Gasteiger partial charge in [0.25, 0.3) is 0 Å². The van der Waals surface area contributed by atoms with Crippen LogP contribution in [0.5, 0.6) is 11.5 Å². The summed E-state index contributed by atoms with van der Waals surface area (Å²) in [4.78, 5) is 2.31. The van der Waals surface area contributed by atoms with E-state index in [1.54, 1.807) is 6.07 Å². The zero-order valence-electron chi connectivity index (χ0n) is 14.2. The molecule has 4 nitrogen and oxygen atoms in total. The average molecular weight is 346 g/mol. The first-order valence-corrected chi connectivity index (χ1v) is 8.33. The van der Waals surface area contributed by atoms with Crippen molar-refractivity contribution in [2.24, 2.45) is 0 Å². The van der Waals surface area contributed by atoms with Gasteiger partial charge in [-0.05, 0) is 24.6 Å². The Labute approximate surface area is 140 Å². The number of hydrogen-bond acceptors (Lipinski definition) is 4. The number of alkyl halides is 3. The molecule has 0 unspecified atom stereocenters.